The highest BCUT2D eigenvalue weighted by atomic mass is 16.5. The van der Waals surface area contributed by atoms with E-state index in [0.29, 0.717) is 30.1 Å². The largest absolute Gasteiger partial charge is 0.482 e. The number of rotatable bonds is 6. The highest BCUT2D eigenvalue weighted by Gasteiger charge is 2.25. The number of fused-ring (bicyclic) bond motifs is 1. The fraction of sp³-hybridized carbons (Fsp3) is 0.160. The molecule has 1 N–H and O–H groups in total. The predicted octanol–water partition coefficient (Wildman–Crippen LogP) is 3.58. The maximum atomic E-state index is 13.5. The Morgan fingerprint density at radius 3 is 2.22 bits per heavy atom. The van der Waals surface area contributed by atoms with Crippen molar-refractivity contribution in [3.63, 3.8) is 0 Å². The first-order chi connectivity index (χ1) is 15.4. The zero-order valence-electron chi connectivity index (χ0n) is 17.5. The maximum absolute atomic E-state index is 13.5. The van der Waals surface area contributed by atoms with Gasteiger partial charge in [-0.25, -0.2) is 4.79 Å². The van der Waals surface area contributed by atoms with E-state index in [1.807, 2.05) is 30.3 Å². The molecule has 0 atom stereocenters. The molecule has 0 radical (unpaired) electrons. The second-order valence-electron chi connectivity index (χ2n) is 7.57. The van der Waals surface area contributed by atoms with Crippen molar-refractivity contribution in [2.24, 2.45) is 0 Å². The number of ether oxygens (including phenoxy) is 1. The fourth-order valence-corrected chi connectivity index (χ4v) is 3.56. The van der Waals surface area contributed by atoms with Crippen molar-refractivity contribution in [2.75, 3.05) is 18.6 Å². The minimum atomic E-state index is -0.997. The van der Waals surface area contributed by atoms with Gasteiger partial charge in [-0.1, -0.05) is 42.5 Å². The number of hydrogen-bond acceptors (Lipinski definition) is 4. The summed E-state index contributed by atoms with van der Waals surface area (Å²) in [5.74, 6) is -0.821. The molecule has 0 saturated carbocycles. The molecule has 32 heavy (non-hydrogen) atoms. The number of hydrogen-bond donors (Lipinski definition) is 1. The van der Waals surface area contributed by atoms with E-state index in [4.69, 9.17) is 9.84 Å². The van der Waals surface area contributed by atoms with Crippen molar-refractivity contribution in [1.29, 1.82) is 0 Å². The van der Waals surface area contributed by atoms with Crippen LogP contribution in [0.3, 0.4) is 0 Å². The Labute approximate surface area is 185 Å². The molecular formula is C25H22N2O5. The van der Waals surface area contributed by atoms with Gasteiger partial charge < -0.3 is 19.6 Å². The van der Waals surface area contributed by atoms with Crippen LogP contribution < -0.4 is 9.64 Å². The van der Waals surface area contributed by atoms with Crippen molar-refractivity contribution < 1.29 is 24.2 Å². The molecule has 0 fully saturated rings. The first kappa shape index (κ1) is 21.1. The van der Waals surface area contributed by atoms with Gasteiger partial charge in [0.2, 0.25) is 0 Å². The molecule has 4 rings (SSSR count). The number of anilines is 1. The van der Waals surface area contributed by atoms with Crippen LogP contribution in [0.4, 0.5) is 5.69 Å². The average molecular weight is 430 g/mol. The molecule has 0 aromatic heterocycles. The van der Waals surface area contributed by atoms with Crippen LogP contribution in [0.5, 0.6) is 5.75 Å². The molecule has 1 heterocycles. The molecule has 3 aromatic rings. The number of amides is 2. The quantitative estimate of drug-likeness (QED) is 0.646. The summed E-state index contributed by atoms with van der Waals surface area (Å²) in [4.78, 5) is 39.8. The van der Waals surface area contributed by atoms with Gasteiger partial charge in [0.1, 0.15) is 5.75 Å². The molecule has 1 aliphatic heterocycles. The van der Waals surface area contributed by atoms with E-state index in [-0.39, 0.29) is 24.0 Å². The van der Waals surface area contributed by atoms with Crippen LogP contribution in [-0.2, 0) is 17.9 Å². The topological polar surface area (TPSA) is 87.2 Å². The zero-order valence-corrected chi connectivity index (χ0v) is 17.5. The summed E-state index contributed by atoms with van der Waals surface area (Å²) in [6.07, 6.45) is 0. The first-order valence-corrected chi connectivity index (χ1v) is 10.1. The lowest BCUT2D eigenvalue weighted by Crippen LogP contribution is -2.36. The van der Waals surface area contributed by atoms with Gasteiger partial charge in [-0.2, -0.15) is 0 Å². The summed E-state index contributed by atoms with van der Waals surface area (Å²) in [6.45, 7) is 0.655. The van der Waals surface area contributed by atoms with E-state index in [9.17, 15) is 14.4 Å². The van der Waals surface area contributed by atoms with Crippen molar-refractivity contribution >= 4 is 23.5 Å². The number of likely N-dealkylation sites (N-methyl/N-ethyl adjacent to an activating group) is 1. The Morgan fingerprint density at radius 2 is 1.56 bits per heavy atom. The zero-order chi connectivity index (χ0) is 22.7. The van der Waals surface area contributed by atoms with E-state index < -0.39 is 5.97 Å². The number of aromatic carboxylic acids is 1. The predicted molar refractivity (Wildman–Crippen MR) is 119 cm³/mol. The maximum Gasteiger partial charge on any atom is 0.335 e. The molecule has 0 saturated heterocycles. The van der Waals surface area contributed by atoms with Crippen LogP contribution in [0.2, 0.25) is 0 Å². The van der Waals surface area contributed by atoms with E-state index in [0.717, 1.165) is 11.1 Å². The molecule has 3 aromatic carbocycles. The standard InChI is InChI=1S/C25H22N2O5/c1-26-21-13-20(11-12-22(21)32-16-23(26)28)24(29)27(14-17-5-3-2-4-6-17)15-18-7-9-19(10-8-18)25(30)31/h2-13H,14-16H2,1H3,(H,30,31). The van der Waals surface area contributed by atoms with Gasteiger partial charge in [0, 0.05) is 25.7 Å². The molecule has 7 heteroatoms. The normalized spacial score (nSPS) is 12.7. The Hall–Kier alpha value is -4.13. The third-order valence-electron chi connectivity index (χ3n) is 5.37. The number of carbonyl (C=O) groups excluding carboxylic acids is 2. The summed E-state index contributed by atoms with van der Waals surface area (Å²) in [6, 6.07) is 21.2. The summed E-state index contributed by atoms with van der Waals surface area (Å²) in [7, 11) is 1.66. The third kappa shape index (κ3) is 4.46. The van der Waals surface area contributed by atoms with Crippen LogP contribution in [0.15, 0.2) is 72.8 Å². The molecular weight excluding hydrogens is 408 g/mol. The van der Waals surface area contributed by atoms with Crippen LogP contribution in [0.25, 0.3) is 0 Å². The second-order valence-corrected chi connectivity index (χ2v) is 7.57. The molecule has 0 spiro atoms. The van der Waals surface area contributed by atoms with E-state index in [1.165, 1.54) is 17.0 Å². The average Bonchev–Trinajstić information content (AvgIpc) is 2.81. The Balaban J connectivity index is 1.64. The van der Waals surface area contributed by atoms with Crippen molar-refractivity contribution in [3.8, 4) is 5.75 Å². The number of carboxylic acids is 1. The highest BCUT2D eigenvalue weighted by Crippen LogP contribution is 2.32. The van der Waals surface area contributed by atoms with Crippen molar-refractivity contribution in [3.05, 3.63) is 95.1 Å². The molecule has 0 aliphatic carbocycles. The molecule has 0 unspecified atom stereocenters. The van der Waals surface area contributed by atoms with Gasteiger partial charge in [0.25, 0.3) is 11.8 Å². The molecule has 0 bridgehead atoms. The molecule has 2 amide bonds. The Kier molecular flexibility index (Phi) is 5.89. The van der Waals surface area contributed by atoms with Crippen LogP contribution in [0, 0.1) is 0 Å². The number of carbonyl (C=O) groups is 3. The van der Waals surface area contributed by atoms with E-state index in [1.54, 1.807) is 42.3 Å². The van der Waals surface area contributed by atoms with Gasteiger partial charge in [-0.05, 0) is 41.5 Å². The third-order valence-corrected chi connectivity index (χ3v) is 5.37. The van der Waals surface area contributed by atoms with Gasteiger partial charge in [-0.3, -0.25) is 9.59 Å². The second kappa shape index (κ2) is 8.93. The lowest BCUT2D eigenvalue weighted by atomic mass is 10.1. The lowest BCUT2D eigenvalue weighted by molar-refractivity contribution is -0.121. The van der Waals surface area contributed by atoms with Crippen LogP contribution in [-0.4, -0.2) is 41.4 Å². The van der Waals surface area contributed by atoms with Gasteiger partial charge in [0.05, 0.1) is 11.3 Å². The smallest absolute Gasteiger partial charge is 0.335 e. The Morgan fingerprint density at radius 1 is 0.938 bits per heavy atom. The van der Waals surface area contributed by atoms with Crippen molar-refractivity contribution in [1.82, 2.24) is 4.90 Å². The summed E-state index contributed by atoms with van der Waals surface area (Å²) >= 11 is 0. The van der Waals surface area contributed by atoms with Crippen molar-refractivity contribution in [2.45, 2.75) is 13.1 Å². The SMILES string of the molecule is CN1C(=O)COc2ccc(C(=O)N(Cc3ccccc3)Cc3ccc(C(=O)O)cc3)cc21. The summed E-state index contributed by atoms with van der Waals surface area (Å²) in [5, 5.41) is 9.12. The Bertz CT molecular complexity index is 1160. The van der Waals surface area contributed by atoms with Gasteiger partial charge in [-0.15, -0.1) is 0 Å². The summed E-state index contributed by atoms with van der Waals surface area (Å²) in [5.41, 5.74) is 2.96. The van der Waals surface area contributed by atoms with E-state index >= 15 is 0 Å². The lowest BCUT2D eigenvalue weighted by Gasteiger charge is -2.27. The van der Waals surface area contributed by atoms with Gasteiger partial charge in [0.15, 0.2) is 6.61 Å². The summed E-state index contributed by atoms with van der Waals surface area (Å²) < 4.78 is 5.46. The highest BCUT2D eigenvalue weighted by molar-refractivity contribution is 6.01. The number of benzene rings is 3. The fourth-order valence-electron chi connectivity index (χ4n) is 3.56. The van der Waals surface area contributed by atoms with Crippen LogP contribution >= 0.6 is 0 Å². The number of nitrogens with zero attached hydrogens (tertiary/aromatic N) is 2. The first-order valence-electron chi connectivity index (χ1n) is 10.1. The molecule has 1 aliphatic rings. The minimum absolute atomic E-state index is 0.0245. The monoisotopic (exact) mass is 430 g/mol. The molecule has 162 valence electrons. The molecule has 7 nitrogen and oxygen atoms in total. The van der Waals surface area contributed by atoms with E-state index in [2.05, 4.69) is 0 Å². The van der Waals surface area contributed by atoms with Crippen LogP contribution in [0.1, 0.15) is 31.8 Å². The number of carboxylic acid groups (broad SMARTS) is 1. The van der Waals surface area contributed by atoms with Gasteiger partial charge >= 0.3 is 5.97 Å². The minimum Gasteiger partial charge on any atom is -0.482 e.